The monoisotopic (exact) mass is 248 g/mol. The molecule has 18 heavy (non-hydrogen) atoms. The number of hydrogen-bond donors (Lipinski definition) is 2. The van der Waals surface area contributed by atoms with Crippen LogP contribution < -0.4 is 11.3 Å². The molecule has 2 atom stereocenters. The molecule has 0 aromatic carbocycles. The van der Waals surface area contributed by atoms with Crippen LogP contribution in [-0.4, -0.2) is 35.2 Å². The zero-order valence-electron chi connectivity index (χ0n) is 10.5. The molecule has 1 saturated carbocycles. The Hall–Kier alpha value is -1.17. The van der Waals surface area contributed by atoms with Crippen molar-refractivity contribution >= 4 is 5.82 Å². The molecule has 0 bridgehead atoms. The van der Waals surface area contributed by atoms with Gasteiger partial charge in [-0.2, -0.15) is 0 Å². The van der Waals surface area contributed by atoms with Crippen LogP contribution in [-0.2, 0) is 11.3 Å². The van der Waals surface area contributed by atoms with E-state index in [0.29, 0.717) is 12.1 Å². The number of hydrogen-bond acceptors (Lipinski definition) is 5. The number of hydrazine groups is 1. The predicted molar refractivity (Wildman–Crippen MR) is 69.8 cm³/mol. The Balaban J connectivity index is 1.70. The molecule has 1 aliphatic heterocycles. The minimum absolute atomic E-state index is 0.439. The van der Waals surface area contributed by atoms with Crippen LogP contribution in [0.15, 0.2) is 18.2 Å². The zero-order chi connectivity index (χ0) is 12.4. The number of rotatable bonds is 3. The maximum atomic E-state index is 5.82. The second kappa shape index (κ2) is 5.22. The van der Waals surface area contributed by atoms with E-state index in [0.717, 1.165) is 31.2 Å². The summed E-state index contributed by atoms with van der Waals surface area (Å²) in [5.41, 5.74) is 3.66. The molecule has 2 unspecified atom stereocenters. The van der Waals surface area contributed by atoms with Crippen molar-refractivity contribution in [3.05, 3.63) is 23.9 Å². The molecule has 0 spiro atoms. The van der Waals surface area contributed by atoms with Gasteiger partial charge in [0.2, 0.25) is 0 Å². The van der Waals surface area contributed by atoms with Gasteiger partial charge in [-0.1, -0.05) is 6.07 Å². The smallest absolute Gasteiger partial charge is 0.140 e. The summed E-state index contributed by atoms with van der Waals surface area (Å²) in [7, 11) is 0. The van der Waals surface area contributed by atoms with Crippen LogP contribution in [0.25, 0.3) is 0 Å². The van der Waals surface area contributed by atoms with E-state index in [1.807, 2.05) is 12.1 Å². The van der Waals surface area contributed by atoms with Crippen molar-refractivity contribution in [2.24, 2.45) is 5.84 Å². The van der Waals surface area contributed by atoms with E-state index in [1.165, 1.54) is 19.3 Å². The van der Waals surface area contributed by atoms with Gasteiger partial charge in [0.15, 0.2) is 0 Å². The first kappa shape index (κ1) is 11.9. The Morgan fingerprint density at radius 1 is 1.44 bits per heavy atom. The first-order valence-electron chi connectivity index (χ1n) is 6.65. The van der Waals surface area contributed by atoms with Crippen molar-refractivity contribution in [1.82, 2.24) is 9.88 Å². The molecule has 1 aromatic rings. The van der Waals surface area contributed by atoms with Crippen LogP contribution in [0, 0.1) is 0 Å². The Morgan fingerprint density at radius 3 is 3.28 bits per heavy atom. The van der Waals surface area contributed by atoms with Crippen LogP contribution in [0.3, 0.4) is 0 Å². The van der Waals surface area contributed by atoms with Crippen molar-refractivity contribution in [3.63, 3.8) is 0 Å². The van der Waals surface area contributed by atoms with Gasteiger partial charge in [-0.15, -0.1) is 0 Å². The number of fused-ring (bicyclic) bond motifs is 1. The second-order valence-electron chi connectivity index (χ2n) is 5.04. The highest BCUT2D eigenvalue weighted by Gasteiger charge is 2.35. The van der Waals surface area contributed by atoms with Gasteiger partial charge in [0.05, 0.1) is 18.4 Å². The topological polar surface area (TPSA) is 63.4 Å². The molecule has 5 heteroatoms. The van der Waals surface area contributed by atoms with E-state index in [-0.39, 0.29) is 0 Å². The second-order valence-corrected chi connectivity index (χ2v) is 5.04. The van der Waals surface area contributed by atoms with Gasteiger partial charge in [0.1, 0.15) is 5.82 Å². The molecule has 2 heterocycles. The lowest BCUT2D eigenvalue weighted by molar-refractivity contribution is -0.0591. The highest BCUT2D eigenvalue weighted by molar-refractivity contribution is 5.33. The number of ether oxygens (including phenoxy) is 1. The highest BCUT2D eigenvalue weighted by Crippen LogP contribution is 2.30. The van der Waals surface area contributed by atoms with Crippen molar-refractivity contribution in [1.29, 1.82) is 0 Å². The zero-order valence-corrected chi connectivity index (χ0v) is 10.5. The molecule has 1 aliphatic carbocycles. The molecule has 1 aromatic heterocycles. The van der Waals surface area contributed by atoms with Gasteiger partial charge in [-0.25, -0.2) is 10.8 Å². The summed E-state index contributed by atoms with van der Waals surface area (Å²) in [4.78, 5) is 6.98. The Morgan fingerprint density at radius 2 is 2.39 bits per heavy atom. The fraction of sp³-hybridized carbons (Fsp3) is 0.615. The van der Waals surface area contributed by atoms with Gasteiger partial charge >= 0.3 is 0 Å². The van der Waals surface area contributed by atoms with E-state index in [4.69, 9.17) is 10.6 Å². The fourth-order valence-electron chi connectivity index (χ4n) is 3.06. The number of aromatic nitrogens is 1. The summed E-state index contributed by atoms with van der Waals surface area (Å²) >= 11 is 0. The van der Waals surface area contributed by atoms with E-state index in [9.17, 15) is 0 Å². The third-order valence-corrected chi connectivity index (χ3v) is 3.92. The summed E-state index contributed by atoms with van der Waals surface area (Å²) in [6, 6.07) is 6.50. The first-order valence-corrected chi connectivity index (χ1v) is 6.65. The summed E-state index contributed by atoms with van der Waals surface area (Å²) < 4.78 is 5.82. The summed E-state index contributed by atoms with van der Waals surface area (Å²) in [6.45, 7) is 2.74. The number of nitrogen functional groups attached to an aromatic ring is 1. The van der Waals surface area contributed by atoms with E-state index >= 15 is 0 Å². The van der Waals surface area contributed by atoms with Crippen molar-refractivity contribution in [2.75, 3.05) is 18.6 Å². The number of nitrogens with zero attached hydrogens (tertiary/aromatic N) is 2. The molecule has 5 nitrogen and oxygen atoms in total. The van der Waals surface area contributed by atoms with Crippen LogP contribution in [0.4, 0.5) is 5.82 Å². The lowest BCUT2D eigenvalue weighted by Crippen LogP contribution is -2.47. The number of anilines is 1. The Kier molecular flexibility index (Phi) is 3.45. The quantitative estimate of drug-likeness (QED) is 0.620. The lowest BCUT2D eigenvalue weighted by atomic mass is 10.1. The van der Waals surface area contributed by atoms with Crippen LogP contribution in [0.1, 0.15) is 25.0 Å². The molecule has 2 fully saturated rings. The standard InChI is InChI=1S/C13H20N4O/c14-16-13-6-1-3-10(15-13)9-17-7-8-18-12-5-2-4-11(12)17/h1,3,6,11-12H,2,4-5,7-9,14H2,(H,15,16). The predicted octanol–water partition coefficient (Wildman–Crippen LogP) is 1.12. The highest BCUT2D eigenvalue weighted by atomic mass is 16.5. The van der Waals surface area contributed by atoms with Crippen LogP contribution in [0.5, 0.6) is 0 Å². The average Bonchev–Trinajstić information content (AvgIpc) is 2.88. The Bertz CT molecular complexity index is 412. The Labute approximate surface area is 107 Å². The van der Waals surface area contributed by atoms with E-state index < -0.39 is 0 Å². The molecular formula is C13H20N4O. The maximum absolute atomic E-state index is 5.82. The molecule has 0 amide bonds. The molecule has 1 saturated heterocycles. The van der Waals surface area contributed by atoms with Gasteiger partial charge in [0, 0.05) is 19.1 Å². The third kappa shape index (κ3) is 2.34. The molecule has 3 rings (SSSR count). The number of nitrogens with two attached hydrogens (primary N) is 1. The maximum Gasteiger partial charge on any atom is 0.140 e. The summed E-state index contributed by atoms with van der Waals surface area (Å²) in [5, 5.41) is 0. The number of pyridine rings is 1. The molecule has 2 aliphatic rings. The van der Waals surface area contributed by atoms with Gasteiger partial charge in [-0.3, -0.25) is 4.90 Å². The minimum Gasteiger partial charge on any atom is -0.375 e. The third-order valence-electron chi connectivity index (χ3n) is 3.92. The van der Waals surface area contributed by atoms with Crippen molar-refractivity contribution in [2.45, 2.75) is 38.0 Å². The number of morpholine rings is 1. The lowest BCUT2D eigenvalue weighted by Gasteiger charge is -2.37. The molecule has 0 radical (unpaired) electrons. The summed E-state index contributed by atoms with van der Waals surface area (Å²) in [5.74, 6) is 6.12. The first-order chi connectivity index (χ1) is 8.86. The number of nitrogens with one attached hydrogen (secondary N) is 1. The largest absolute Gasteiger partial charge is 0.375 e. The van der Waals surface area contributed by atoms with Crippen molar-refractivity contribution in [3.8, 4) is 0 Å². The SMILES string of the molecule is NNc1cccc(CN2CCOC3CCCC32)n1. The van der Waals surface area contributed by atoms with Crippen LogP contribution >= 0.6 is 0 Å². The van der Waals surface area contributed by atoms with Gasteiger partial charge in [0.25, 0.3) is 0 Å². The van der Waals surface area contributed by atoms with Crippen molar-refractivity contribution < 1.29 is 4.74 Å². The van der Waals surface area contributed by atoms with Gasteiger partial charge < -0.3 is 10.2 Å². The summed E-state index contributed by atoms with van der Waals surface area (Å²) in [6.07, 6.45) is 4.18. The van der Waals surface area contributed by atoms with Gasteiger partial charge in [-0.05, 0) is 31.4 Å². The average molecular weight is 248 g/mol. The molecule has 3 N–H and O–H groups in total. The van der Waals surface area contributed by atoms with E-state index in [2.05, 4.69) is 21.4 Å². The minimum atomic E-state index is 0.439. The molecule has 98 valence electrons. The molecular weight excluding hydrogens is 228 g/mol. The normalized spacial score (nSPS) is 28.1. The fourth-order valence-corrected chi connectivity index (χ4v) is 3.06. The van der Waals surface area contributed by atoms with E-state index in [1.54, 1.807) is 0 Å². The van der Waals surface area contributed by atoms with Crippen LogP contribution in [0.2, 0.25) is 0 Å².